The van der Waals surface area contributed by atoms with Crippen LogP contribution in [0.15, 0.2) is 0 Å². The van der Waals surface area contributed by atoms with Gasteiger partial charge >= 0.3 is 0 Å². The van der Waals surface area contributed by atoms with Crippen LogP contribution in [0.3, 0.4) is 0 Å². The van der Waals surface area contributed by atoms with Crippen LogP contribution in [0, 0.1) is 17.8 Å². The first-order valence-electron chi connectivity index (χ1n) is 6.15. The minimum absolute atomic E-state index is 0.000355. The Labute approximate surface area is 102 Å². The molecule has 17 heavy (non-hydrogen) atoms. The molecule has 0 saturated carbocycles. The molecule has 0 aromatic carbocycles. The average Bonchev–Trinajstić information content (AvgIpc) is 2.25. The minimum atomic E-state index is -0.0208. The minimum Gasteiger partial charge on any atom is -0.378 e. The van der Waals surface area contributed by atoms with Crippen LogP contribution in [0.5, 0.6) is 0 Å². The molecule has 4 heteroatoms. The summed E-state index contributed by atoms with van der Waals surface area (Å²) in [6.45, 7) is 7.50. The van der Waals surface area contributed by atoms with Gasteiger partial charge in [0.1, 0.15) is 0 Å². The number of hydrogen-bond acceptors (Lipinski definition) is 4. The van der Waals surface area contributed by atoms with Crippen molar-refractivity contribution in [3.05, 3.63) is 0 Å². The highest BCUT2D eigenvalue weighted by atomic mass is 16.5. The Bertz CT molecular complexity index is 338. The first-order valence-corrected chi connectivity index (χ1v) is 6.15. The van der Waals surface area contributed by atoms with Crippen molar-refractivity contribution in [2.24, 2.45) is 5.92 Å². The van der Waals surface area contributed by atoms with Gasteiger partial charge in [0.2, 0.25) is 5.78 Å². The van der Waals surface area contributed by atoms with Gasteiger partial charge in [-0.25, -0.2) is 0 Å². The van der Waals surface area contributed by atoms with Gasteiger partial charge in [0.15, 0.2) is 0 Å². The van der Waals surface area contributed by atoms with Gasteiger partial charge in [-0.3, -0.25) is 9.69 Å². The molecule has 0 bridgehead atoms. The van der Waals surface area contributed by atoms with Gasteiger partial charge in [0, 0.05) is 12.5 Å². The second-order valence-electron chi connectivity index (χ2n) is 4.81. The van der Waals surface area contributed by atoms with Gasteiger partial charge in [-0.15, -0.1) is 0 Å². The van der Waals surface area contributed by atoms with Crippen LogP contribution in [-0.2, 0) is 14.3 Å². The second-order valence-corrected chi connectivity index (χ2v) is 4.81. The molecule has 0 spiro atoms. The molecule has 94 valence electrons. The Kier molecular flexibility index (Phi) is 4.16. The Hall–Kier alpha value is -0.890. The molecule has 0 radical (unpaired) electrons. The zero-order valence-electron chi connectivity index (χ0n) is 10.4. The number of morpholine rings is 1. The standard InChI is InChI=1S/C13H19NO3/c1-10(2)13(15)4-3-11-7-16-6-5-14(11)12-8-17-9-12/h10-12H,5-9H2,1-2H3. The number of ketones is 1. The summed E-state index contributed by atoms with van der Waals surface area (Å²) >= 11 is 0. The summed E-state index contributed by atoms with van der Waals surface area (Å²) in [5, 5.41) is 0. The Balaban J connectivity index is 1.98. The maximum absolute atomic E-state index is 11.5. The third kappa shape index (κ3) is 3.06. The van der Waals surface area contributed by atoms with E-state index >= 15 is 0 Å². The summed E-state index contributed by atoms with van der Waals surface area (Å²) < 4.78 is 10.6. The monoisotopic (exact) mass is 237 g/mol. The summed E-state index contributed by atoms with van der Waals surface area (Å²) in [7, 11) is 0. The van der Waals surface area contributed by atoms with E-state index in [9.17, 15) is 4.79 Å². The molecule has 0 aliphatic carbocycles. The number of nitrogens with zero attached hydrogens (tertiary/aromatic N) is 1. The lowest BCUT2D eigenvalue weighted by Gasteiger charge is -2.42. The lowest BCUT2D eigenvalue weighted by molar-refractivity contribution is -0.116. The molecule has 0 aromatic heterocycles. The lowest BCUT2D eigenvalue weighted by Crippen LogP contribution is -2.57. The first-order chi connectivity index (χ1) is 8.18. The van der Waals surface area contributed by atoms with Crippen LogP contribution < -0.4 is 0 Å². The average molecular weight is 237 g/mol. The predicted molar refractivity (Wildman–Crippen MR) is 63.5 cm³/mol. The fraction of sp³-hybridized carbons (Fsp3) is 0.769. The summed E-state index contributed by atoms with van der Waals surface area (Å²) in [6, 6.07) is 0.493. The van der Waals surface area contributed by atoms with Crippen molar-refractivity contribution in [3.63, 3.8) is 0 Å². The van der Waals surface area contributed by atoms with Gasteiger partial charge < -0.3 is 9.47 Å². The van der Waals surface area contributed by atoms with Crippen molar-refractivity contribution < 1.29 is 14.3 Å². The van der Waals surface area contributed by atoms with Crippen molar-refractivity contribution in [3.8, 4) is 11.8 Å². The summed E-state index contributed by atoms with van der Waals surface area (Å²) in [5.74, 6) is 5.76. The smallest absolute Gasteiger partial charge is 0.208 e. The predicted octanol–water partition coefficient (Wildman–Crippen LogP) is 0.315. The van der Waals surface area contributed by atoms with E-state index in [0.717, 1.165) is 26.4 Å². The summed E-state index contributed by atoms with van der Waals surface area (Å²) in [5.41, 5.74) is 0. The van der Waals surface area contributed by atoms with E-state index in [0.29, 0.717) is 12.6 Å². The number of Topliss-reactive ketones (excluding diaryl/α,β-unsaturated/α-hetero) is 1. The highest BCUT2D eigenvalue weighted by molar-refractivity contribution is 5.96. The molecule has 2 rings (SSSR count). The fourth-order valence-corrected chi connectivity index (χ4v) is 1.89. The number of carbonyl (C=O) groups is 1. The number of ether oxygens (including phenoxy) is 2. The van der Waals surface area contributed by atoms with Crippen LogP contribution in [0.25, 0.3) is 0 Å². The van der Waals surface area contributed by atoms with Crippen LogP contribution in [0.2, 0.25) is 0 Å². The van der Waals surface area contributed by atoms with Gasteiger partial charge in [0.05, 0.1) is 38.5 Å². The van der Waals surface area contributed by atoms with E-state index in [-0.39, 0.29) is 17.7 Å². The highest BCUT2D eigenvalue weighted by Gasteiger charge is 2.32. The molecule has 0 aromatic rings. The zero-order chi connectivity index (χ0) is 12.3. The van der Waals surface area contributed by atoms with E-state index in [1.807, 2.05) is 13.8 Å². The van der Waals surface area contributed by atoms with Gasteiger partial charge in [-0.1, -0.05) is 19.8 Å². The summed E-state index contributed by atoms with van der Waals surface area (Å²) in [6.07, 6.45) is 0. The second kappa shape index (κ2) is 5.63. The van der Waals surface area contributed by atoms with E-state index in [4.69, 9.17) is 9.47 Å². The van der Waals surface area contributed by atoms with Crippen molar-refractivity contribution in [2.45, 2.75) is 25.9 Å². The fourth-order valence-electron chi connectivity index (χ4n) is 1.89. The Morgan fingerprint density at radius 2 is 2.06 bits per heavy atom. The van der Waals surface area contributed by atoms with Crippen molar-refractivity contribution in [1.82, 2.24) is 4.90 Å². The molecule has 2 saturated heterocycles. The van der Waals surface area contributed by atoms with E-state index in [1.54, 1.807) is 0 Å². The summed E-state index contributed by atoms with van der Waals surface area (Å²) in [4.78, 5) is 13.8. The molecule has 2 heterocycles. The molecule has 2 fully saturated rings. The topological polar surface area (TPSA) is 38.8 Å². The molecule has 0 amide bonds. The number of rotatable bonds is 2. The molecule has 0 N–H and O–H groups in total. The van der Waals surface area contributed by atoms with Gasteiger partial charge in [0.25, 0.3) is 0 Å². The van der Waals surface area contributed by atoms with Gasteiger partial charge in [-0.05, 0) is 5.92 Å². The van der Waals surface area contributed by atoms with Gasteiger partial charge in [-0.2, -0.15) is 0 Å². The Morgan fingerprint density at radius 1 is 1.29 bits per heavy atom. The number of hydrogen-bond donors (Lipinski definition) is 0. The zero-order valence-corrected chi connectivity index (χ0v) is 10.4. The SMILES string of the molecule is CC(C)C(=O)C#CC1COCCN1C1COC1. The van der Waals surface area contributed by atoms with Crippen molar-refractivity contribution in [2.75, 3.05) is 33.0 Å². The largest absolute Gasteiger partial charge is 0.378 e. The van der Waals surface area contributed by atoms with Crippen molar-refractivity contribution >= 4 is 5.78 Å². The molecular weight excluding hydrogens is 218 g/mol. The Morgan fingerprint density at radius 3 is 2.65 bits per heavy atom. The lowest BCUT2D eigenvalue weighted by atomic mass is 10.1. The maximum Gasteiger partial charge on any atom is 0.208 e. The van der Waals surface area contributed by atoms with Crippen LogP contribution >= 0.6 is 0 Å². The van der Waals surface area contributed by atoms with Crippen LogP contribution in [-0.4, -0.2) is 55.7 Å². The van der Waals surface area contributed by atoms with E-state index in [2.05, 4.69) is 16.7 Å². The highest BCUT2D eigenvalue weighted by Crippen LogP contribution is 2.16. The first kappa shape index (κ1) is 12.6. The van der Waals surface area contributed by atoms with Crippen LogP contribution in [0.4, 0.5) is 0 Å². The molecule has 2 aliphatic heterocycles. The molecular formula is C13H19NO3. The molecule has 1 atom stereocenters. The maximum atomic E-state index is 11.5. The van der Waals surface area contributed by atoms with Crippen LogP contribution in [0.1, 0.15) is 13.8 Å². The third-order valence-electron chi connectivity index (χ3n) is 3.15. The molecule has 4 nitrogen and oxygen atoms in total. The normalized spacial score (nSPS) is 26.2. The van der Waals surface area contributed by atoms with E-state index < -0.39 is 0 Å². The quantitative estimate of drug-likeness (QED) is 0.512. The third-order valence-corrected chi connectivity index (χ3v) is 3.15. The number of carbonyl (C=O) groups excluding carboxylic acids is 1. The molecule has 1 unspecified atom stereocenters. The molecule has 2 aliphatic rings. The van der Waals surface area contributed by atoms with E-state index in [1.165, 1.54) is 0 Å². The van der Waals surface area contributed by atoms with Crippen molar-refractivity contribution in [1.29, 1.82) is 0 Å².